The molecule has 2 amide bonds. The van der Waals surface area contributed by atoms with Crippen molar-refractivity contribution in [3.63, 3.8) is 0 Å². The highest BCUT2D eigenvalue weighted by Crippen LogP contribution is 2.21. The number of rotatable bonds is 4. The Morgan fingerprint density at radius 1 is 1.42 bits per heavy atom. The molecule has 0 saturated carbocycles. The SMILES string of the molecule is Cc1ccc(Cl)cc1NC(=O)/C(C#N)=C\N1CCC(C(N)=O)CC1. The van der Waals surface area contributed by atoms with Crippen LogP contribution in [0.5, 0.6) is 0 Å². The number of nitrogens with one attached hydrogen (secondary N) is 1. The van der Waals surface area contributed by atoms with Crippen molar-refractivity contribution in [3.05, 3.63) is 40.6 Å². The lowest BCUT2D eigenvalue weighted by molar-refractivity contribution is -0.123. The van der Waals surface area contributed by atoms with E-state index in [0.29, 0.717) is 36.6 Å². The van der Waals surface area contributed by atoms with Gasteiger partial charge in [0.1, 0.15) is 11.6 Å². The van der Waals surface area contributed by atoms with E-state index in [1.807, 2.05) is 17.9 Å². The lowest BCUT2D eigenvalue weighted by Crippen LogP contribution is -2.36. The van der Waals surface area contributed by atoms with Crippen molar-refractivity contribution in [2.45, 2.75) is 19.8 Å². The molecule has 0 aromatic heterocycles. The zero-order chi connectivity index (χ0) is 17.7. The van der Waals surface area contributed by atoms with Gasteiger partial charge in [0.25, 0.3) is 5.91 Å². The number of carbonyl (C=O) groups is 2. The number of likely N-dealkylation sites (tertiary alicyclic amines) is 1. The predicted octanol–water partition coefficient (Wildman–Crippen LogP) is 2.19. The van der Waals surface area contributed by atoms with E-state index in [-0.39, 0.29) is 17.4 Å². The molecule has 0 aliphatic carbocycles. The zero-order valence-electron chi connectivity index (χ0n) is 13.4. The second-order valence-electron chi connectivity index (χ2n) is 5.78. The van der Waals surface area contributed by atoms with E-state index in [0.717, 1.165) is 5.56 Å². The van der Waals surface area contributed by atoms with Crippen LogP contribution in [0.4, 0.5) is 5.69 Å². The van der Waals surface area contributed by atoms with Gasteiger partial charge in [-0.15, -0.1) is 0 Å². The lowest BCUT2D eigenvalue weighted by Gasteiger charge is -2.29. The number of aryl methyl sites for hydroxylation is 1. The number of nitrogens with two attached hydrogens (primary N) is 1. The molecule has 1 saturated heterocycles. The molecule has 24 heavy (non-hydrogen) atoms. The van der Waals surface area contributed by atoms with E-state index in [4.69, 9.17) is 17.3 Å². The van der Waals surface area contributed by atoms with Crippen molar-refractivity contribution in [1.29, 1.82) is 5.26 Å². The highest BCUT2D eigenvalue weighted by molar-refractivity contribution is 6.31. The predicted molar refractivity (Wildman–Crippen MR) is 92.0 cm³/mol. The molecule has 1 aromatic carbocycles. The normalized spacial score (nSPS) is 15.7. The van der Waals surface area contributed by atoms with E-state index in [2.05, 4.69) is 5.32 Å². The van der Waals surface area contributed by atoms with Gasteiger partial charge in [-0.1, -0.05) is 17.7 Å². The third-order valence-corrected chi connectivity index (χ3v) is 4.29. The average Bonchev–Trinajstić information content (AvgIpc) is 2.56. The minimum absolute atomic E-state index is 0.00639. The molecule has 1 fully saturated rings. The van der Waals surface area contributed by atoms with E-state index in [9.17, 15) is 14.9 Å². The Morgan fingerprint density at radius 2 is 2.08 bits per heavy atom. The van der Waals surface area contributed by atoms with Crippen LogP contribution in [0, 0.1) is 24.2 Å². The molecule has 1 aliphatic heterocycles. The number of nitrogens with zero attached hydrogens (tertiary/aromatic N) is 2. The van der Waals surface area contributed by atoms with Gasteiger partial charge in [-0.25, -0.2) is 0 Å². The van der Waals surface area contributed by atoms with Crippen LogP contribution < -0.4 is 11.1 Å². The Morgan fingerprint density at radius 3 is 2.67 bits per heavy atom. The Labute approximate surface area is 145 Å². The van der Waals surface area contributed by atoms with Gasteiger partial charge in [0.05, 0.1) is 0 Å². The Balaban J connectivity index is 2.05. The summed E-state index contributed by atoms with van der Waals surface area (Å²) < 4.78 is 0. The van der Waals surface area contributed by atoms with E-state index in [1.54, 1.807) is 18.2 Å². The molecule has 6 nitrogen and oxygen atoms in total. The molecular formula is C17H19ClN4O2. The molecule has 3 N–H and O–H groups in total. The van der Waals surface area contributed by atoms with E-state index in [1.165, 1.54) is 6.20 Å². The van der Waals surface area contributed by atoms with Crippen LogP contribution in [-0.2, 0) is 9.59 Å². The number of hydrogen-bond acceptors (Lipinski definition) is 4. The van der Waals surface area contributed by atoms with E-state index < -0.39 is 5.91 Å². The van der Waals surface area contributed by atoms with Crippen molar-refractivity contribution in [3.8, 4) is 6.07 Å². The van der Waals surface area contributed by atoms with Gasteiger partial charge in [-0.05, 0) is 37.5 Å². The fraction of sp³-hybridized carbons (Fsp3) is 0.353. The number of hydrogen-bond donors (Lipinski definition) is 2. The lowest BCUT2D eigenvalue weighted by atomic mass is 9.96. The second-order valence-corrected chi connectivity index (χ2v) is 6.22. The molecule has 0 radical (unpaired) electrons. The number of amides is 2. The van der Waals surface area contributed by atoms with Gasteiger partial charge in [-0.3, -0.25) is 9.59 Å². The van der Waals surface area contributed by atoms with Gasteiger partial charge in [0.15, 0.2) is 0 Å². The first-order chi connectivity index (χ1) is 11.4. The number of anilines is 1. The van der Waals surface area contributed by atoms with Crippen LogP contribution in [0.1, 0.15) is 18.4 Å². The van der Waals surface area contributed by atoms with Crippen LogP contribution in [0.3, 0.4) is 0 Å². The monoisotopic (exact) mass is 346 g/mol. The Kier molecular flexibility index (Phi) is 5.83. The standard InChI is InChI=1S/C17H19ClN4O2/c1-11-2-3-14(18)8-15(11)21-17(24)13(9-19)10-22-6-4-12(5-7-22)16(20)23/h2-3,8,10,12H,4-7H2,1H3,(H2,20,23)(H,21,24)/b13-10-. The molecule has 1 aliphatic rings. The second kappa shape index (κ2) is 7.84. The van der Waals surface area contributed by atoms with Gasteiger partial charge in [-0.2, -0.15) is 5.26 Å². The number of benzene rings is 1. The van der Waals surface area contributed by atoms with Crippen molar-refractivity contribution in [1.82, 2.24) is 4.90 Å². The summed E-state index contributed by atoms with van der Waals surface area (Å²) in [6.07, 6.45) is 2.78. The van der Waals surface area contributed by atoms with Crippen molar-refractivity contribution in [2.75, 3.05) is 18.4 Å². The summed E-state index contributed by atoms with van der Waals surface area (Å²) >= 11 is 5.93. The largest absolute Gasteiger partial charge is 0.376 e. The average molecular weight is 347 g/mol. The molecule has 2 rings (SSSR count). The smallest absolute Gasteiger partial charge is 0.267 e. The summed E-state index contributed by atoms with van der Waals surface area (Å²) in [5, 5.41) is 12.5. The maximum absolute atomic E-state index is 12.3. The van der Waals surface area contributed by atoms with Crippen molar-refractivity contribution in [2.24, 2.45) is 11.7 Å². The Hall–Kier alpha value is -2.52. The molecule has 0 bridgehead atoms. The molecule has 1 heterocycles. The van der Waals surface area contributed by atoms with Gasteiger partial charge >= 0.3 is 0 Å². The molecule has 0 spiro atoms. The number of piperidine rings is 1. The molecule has 0 unspecified atom stereocenters. The fourth-order valence-electron chi connectivity index (χ4n) is 2.55. The highest BCUT2D eigenvalue weighted by atomic mass is 35.5. The van der Waals surface area contributed by atoms with Gasteiger partial charge in [0.2, 0.25) is 5.91 Å². The molecule has 126 valence electrons. The summed E-state index contributed by atoms with van der Waals surface area (Å²) in [7, 11) is 0. The summed E-state index contributed by atoms with van der Waals surface area (Å²) in [5.74, 6) is -0.920. The molecular weight excluding hydrogens is 328 g/mol. The van der Waals surface area contributed by atoms with Crippen molar-refractivity contribution >= 4 is 29.1 Å². The van der Waals surface area contributed by atoms with Gasteiger partial charge in [0, 0.05) is 35.9 Å². The van der Waals surface area contributed by atoms with Crippen LogP contribution in [0.2, 0.25) is 5.02 Å². The minimum atomic E-state index is -0.486. The molecule has 1 aromatic rings. The zero-order valence-corrected chi connectivity index (χ0v) is 14.1. The quantitative estimate of drug-likeness (QED) is 0.644. The van der Waals surface area contributed by atoms with Crippen LogP contribution in [0.25, 0.3) is 0 Å². The molecule has 0 atom stereocenters. The summed E-state index contributed by atoms with van der Waals surface area (Å²) in [6.45, 7) is 3.01. The van der Waals surface area contributed by atoms with Crippen LogP contribution in [-0.4, -0.2) is 29.8 Å². The molecule has 7 heteroatoms. The van der Waals surface area contributed by atoms with Crippen LogP contribution >= 0.6 is 11.6 Å². The third kappa shape index (κ3) is 4.49. The first kappa shape index (κ1) is 17.8. The number of primary amides is 1. The Bertz CT molecular complexity index is 716. The number of nitriles is 1. The summed E-state index contributed by atoms with van der Waals surface area (Å²) in [6, 6.07) is 7.09. The fourth-order valence-corrected chi connectivity index (χ4v) is 2.72. The topological polar surface area (TPSA) is 99.2 Å². The van der Waals surface area contributed by atoms with Crippen LogP contribution in [0.15, 0.2) is 30.0 Å². The first-order valence-corrected chi connectivity index (χ1v) is 8.01. The maximum atomic E-state index is 12.3. The summed E-state index contributed by atoms with van der Waals surface area (Å²) in [4.78, 5) is 25.3. The maximum Gasteiger partial charge on any atom is 0.267 e. The van der Waals surface area contributed by atoms with E-state index >= 15 is 0 Å². The van der Waals surface area contributed by atoms with Gasteiger partial charge < -0.3 is 16.0 Å². The summed E-state index contributed by atoms with van der Waals surface area (Å²) in [5.41, 5.74) is 6.73. The highest BCUT2D eigenvalue weighted by Gasteiger charge is 2.22. The van der Waals surface area contributed by atoms with Crippen molar-refractivity contribution < 1.29 is 9.59 Å². The number of carbonyl (C=O) groups excluding carboxylic acids is 2. The minimum Gasteiger partial charge on any atom is -0.376 e. The third-order valence-electron chi connectivity index (χ3n) is 4.06. The number of halogens is 1. The first-order valence-electron chi connectivity index (χ1n) is 7.63.